The van der Waals surface area contributed by atoms with E-state index in [2.05, 4.69) is 5.32 Å². The highest BCUT2D eigenvalue weighted by Gasteiger charge is 2.06. The molecule has 2 aromatic rings. The summed E-state index contributed by atoms with van der Waals surface area (Å²) in [6, 6.07) is 13.8. The molecule has 0 saturated carbocycles. The molecule has 0 aliphatic carbocycles. The molecule has 0 fully saturated rings. The zero-order valence-electron chi connectivity index (χ0n) is 13.2. The number of hydrogen-bond donors (Lipinski definition) is 1. The number of hydrogen-bond acceptors (Lipinski definition) is 3. The highest BCUT2D eigenvalue weighted by molar-refractivity contribution is 7.99. The fraction of sp³-hybridized carbons (Fsp3) is 0.278. The van der Waals surface area contributed by atoms with E-state index >= 15 is 0 Å². The van der Waals surface area contributed by atoms with Gasteiger partial charge in [-0.15, -0.1) is 11.8 Å². The monoisotopic (exact) mass is 315 g/mol. The van der Waals surface area contributed by atoms with Gasteiger partial charge in [-0.25, -0.2) is 0 Å². The summed E-state index contributed by atoms with van der Waals surface area (Å²) in [4.78, 5) is 13.2. The van der Waals surface area contributed by atoms with E-state index in [0.717, 1.165) is 27.6 Å². The Morgan fingerprint density at radius 3 is 2.55 bits per heavy atom. The quantitative estimate of drug-likeness (QED) is 0.801. The summed E-state index contributed by atoms with van der Waals surface area (Å²) >= 11 is 1.67. The van der Waals surface area contributed by atoms with Gasteiger partial charge in [-0.1, -0.05) is 12.1 Å². The number of benzene rings is 2. The smallest absolute Gasteiger partial charge is 0.225 e. The predicted octanol–water partition coefficient (Wildman–Crippen LogP) is 4.43. The van der Waals surface area contributed by atoms with Crippen LogP contribution in [0.25, 0.3) is 0 Å². The first kappa shape index (κ1) is 16.4. The molecule has 0 radical (unpaired) electrons. The van der Waals surface area contributed by atoms with E-state index in [0.29, 0.717) is 6.42 Å². The van der Waals surface area contributed by atoms with Crippen molar-refractivity contribution >= 4 is 23.4 Å². The fourth-order valence-corrected chi connectivity index (χ4v) is 2.88. The number of aryl methyl sites for hydroxylation is 1. The van der Waals surface area contributed by atoms with Crippen LogP contribution in [0.15, 0.2) is 47.4 Å². The Hall–Kier alpha value is -1.94. The lowest BCUT2D eigenvalue weighted by Crippen LogP contribution is -2.13. The zero-order chi connectivity index (χ0) is 15.9. The number of rotatable bonds is 6. The lowest BCUT2D eigenvalue weighted by molar-refractivity contribution is -0.115. The van der Waals surface area contributed by atoms with E-state index in [1.165, 1.54) is 5.56 Å². The van der Waals surface area contributed by atoms with Gasteiger partial charge in [0.1, 0.15) is 5.75 Å². The summed E-state index contributed by atoms with van der Waals surface area (Å²) in [7, 11) is 1.65. The van der Waals surface area contributed by atoms with E-state index in [9.17, 15) is 4.79 Å². The SMILES string of the molecule is COc1ccc(SCCC(=O)Nc2cccc(C)c2C)cc1. The summed E-state index contributed by atoms with van der Waals surface area (Å²) in [5, 5.41) is 2.98. The van der Waals surface area contributed by atoms with E-state index < -0.39 is 0 Å². The molecule has 0 aliphatic rings. The summed E-state index contributed by atoms with van der Waals surface area (Å²) in [5.41, 5.74) is 3.21. The third kappa shape index (κ3) is 4.53. The second-order valence-electron chi connectivity index (χ2n) is 5.07. The van der Waals surface area contributed by atoms with Gasteiger partial charge in [0.15, 0.2) is 0 Å². The Kier molecular flexibility index (Phi) is 5.90. The van der Waals surface area contributed by atoms with Crippen molar-refractivity contribution in [3.8, 4) is 5.75 Å². The molecule has 3 nitrogen and oxygen atoms in total. The van der Waals surface area contributed by atoms with Gasteiger partial charge < -0.3 is 10.1 Å². The summed E-state index contributed by atoms with van der Waals surface area (Å²) in [6.07, 6.45) is 0.490. The lowest BCUT2D eigenvalue weighted by Gasteiger charge is -2.10. The normalized spacial score (nSPS) is 10.3. The van der Waals surface area contributed by atoms with Gasteiger partial charge in [0, 0.05) is 22.8 Å². The maximum absolute atomic E-state index is 12.0. The number of carbonyl (C=O) groups is 1. The van der Waals surface area contributed by atoms with Crippen molar-refractivity contribution in [2.24, 2.45) is 0 Å². The molecule has 0 bridgehead atoms. The number of amides is 1. The van der Waals surface area contributed by atoms with Crippen LogP contribution >= 0.6 is 11.8 Å². The summed E-state index contributed by atoms with van der Waals surface area (Å²) < 4.78 is 5.13. The molecule has 1 N–H and O–H groups in total. The molecule has 2 aromatic carbocycles. The number of thioether (sulfide) groups is 1. The molecule has 0 saturated heterocycles. The molecule has 0 atom stereocenters. The Balaban J connectivity index is 1.81. The molecule has 4 heteroatoms. The zero-order valence-corrected chi connectivity index (χ0v) is 14.0. The van der Waals surface area contributed by atoms with Crippen molar-refractivity contribution in [2.75, 3.05) is 18.2 Å². The molecule has 0 aliphatic heterocycles. The summed E-state index contributed by atoms with van der Waals surface area (Å²) in [6.45, 7) is 4.07. The first-order chi connectivity index (χ1) is 10.6. The minimum absolute atomic E-state index is 0.0507. The third-order valence-electron chi connectivity index (χ3n) is 3.54. The average molecular weight is 315 g/mol. The molecule has 116 valence electrons. The second kappa shape index (κ2) is 7.90. The second-order valence-corrected chi connectivity index (χ2v) is 6.24. The largest absolute Gasteiger partial charge is 0.497 e. The number of ether oxygens (including phenoxy) is 1. The number of anilines is 1. The van der Waals surface area contributed by atoms with Crippen LogP contribution in [-0.4, -0.2) is 18.8 Å². The first-order valence-corrected chi connectivity index (χ1v) is 8.21. The lowest BCUT2D eigenvalue weighted by atomic mass is 10.1. The fourth-order valence-electron chi connectivity index (χ4n) is 2.03. The van der Waals surface area contributed by atoms with E-state index in [-0.39, 0.29) is 5.91 Å². The highest BCUT2D eigenvalue weighted by atomic mass is 32.2. The van der Waals surface area contributed by atoms with Gasteiger partial charge in [0.2, 0.25) is 5.91 Å². The average Bonchev–Trinajstić information content (AvgIpc) is 2.52. The van der Waals surface area contributed by atoms with Crippen LogP contribution in [0.4, 0.5) is 5.69 Å². The van der Waals surface area contributed by atoms with Gasteiger partial charge >= 0.3 is 0 Å². The van der Waals surface area contributed by atoms with Crippen LogP contribution in [0, 0.1) is 13.8 Å². The van der Waals surface area contributed by atoms with Crippen molar-refractivity contribution in [2.45, 2.75) is 25.2 Å². The standard InChI is InChI=1S/C18H21NO2S/c1-13-5-4-6-17(14(13)2)19-18(20)11-12-22-16-9-7-15(21-3)8-10-16/h4-10H,11-12H2,1-3H3,(H,19,20). The molecular weight excluding hydrogens is 294 g/mol. The van der Waals surface area contributed by atoms with Crippen molar-refractivity contribution in [1.29, 1.82) is 0 Å². The predicted molar refractivity (Wildman–Crippen MR) is 92.9 cm³/mol. The minimum atomic E-state index is 0.0507. The molecule has 0 spiro atoms. The number of nitrogens with one attached hydrogen (secondary N) is 1. The van der Waals surface area contributed by atoms with E-state index in [1.54, 1.807) is 18.9 Å². The molecular formula is C18H21NO2S. The molecule has 1 amide bonds. The Morgan fingerprint density at radius 1 is 1.14 bits per heavy atom. The Morgan fingerprint density at radius 2 is 1.86 bits per heavy atom. The van der Waals surface area contributed by atoms with Crippen LogP contribution < -0.4 is 10.1 Å². The minimum Gasteiger partial charge on any atom is -0.497 e. The van der Waals surface area contributed by atoms with Crippen molar-refractivity contribution in [3.05, 3.63) is 53.6 Å². The topological polar surface area (TPSA) is 38.3 Å². The van der Waals surface area contributed by atoms with Crippen LogP contribution in [0.2, 0.25) is 0 Å². The van der Waals surface area contributed by atoms with Crippen molar-refractivity contribution in [1.82, 2.24) is 0 Å². The van der Waals surface area contributed by atoms with E-state index in [4.69, 9.17) is 4.74 Å². The van der Waals surface area contributed by atoms with E-state index in [1.807, 2.05) is 56.3 Å². The number of methoxy groups -OCH3 is 1. The van der Waals surface area contributed by atoms with Crippen LogP contribution in [-0.2, 0) is 4.79 Å². The van der Waals surface area contributed by atoms with Crippen LogP contribution in [0.1, 0.15) is 17.5 Å². The van der Waals surface area contributed by atoms with Gasteiger partial charge in [-0.2, -0.15) is 0 Å². The summed E-state index contributed by atoms with van der Waals surface area (Å²) in [5.74, 6) is 1.65. The van der Waals surface area contributed by atoms with Crippen LogP contribution in [0.5, 0.6) is 5.75 Å². The molecule has 2 rings (SSSR count). The third-order valence-corrected chi connectivity index (χ3v) is 4.55. The molecule has 0 heterocycles. The van der Waals surface area contributed by atoms with Crippen molar-refractivity contribution < 1.29 is 9.53 Å². The Bertz CT molecular complexity index is 638. The Labute approximate surface area is 136 Å². The maximum Gasteiger partial charge on any atom is 0.225 e. The molecule has 22 heavy (non-hydrogen) atoms. The van der Waals surface area contributed by atoms with Crippen molar-refractivity contribution in [3.63, 3.8) is 0 Å². The molecule has 0 aromatic heterocycles. The van der Waals surface area contributed by atoms with Gasteiger partial charge in [-0.3, -0.25) is 4.79 Å². The van der Waals surface area contributed by atoms with Gasteiger partial charge in [0.25, 0.3) is 0 Å². The first-order valence-electron chi connectivity index (χ1n) is 7.23. The van der Waals surface area contributed by atoms with Crippen LogP contribution in [0.3, 0.4) is 0 Å². The number of carbonyl (C=O) groups excluding carboxylic acids is 1. The maximum atomic E-state index is 12.0. The van der Waals surface area contributed by atoms with Gasteiger partial charge in [0.05, 0.1) is 7.11 Å². The highest BCUT2D eigenvalue weighted by Crippen LogP contribution is 2.22. The molecule has 0 unspecified atom stereocenters. The van der Waals surface area contributed by atoms with Gasteiger partial charge in [-0.05, 0) is 55.3 Å².